The molecule has 0 saturated heterocycles. The summed E-state index contributed by atoms with van der Waals surface area (Å²) in [6, 6.07) is 2.79. The Balaban J connectivity index is 2.87. The van der Waals surface area contributed by atoms with Crippen molar-refractivity contribution in [1.82, 2.24) is 4.90 Å². The Bertz CT molecular complexity index is 345. The van der Waals surface area contributed by atoms with Crippen LogP contribution in [-0.4, -0.2) is 34.7 Å². The maximum Gasteiger partial charge on any atom is 0.0718 e. The number of aliphatic hydroxyl groups is 1. The van der Waals surface area contributed by atoms with Gasteiger partial charge in [0.15, 0.2) is 0 Å². The van der Waals surface area contributed by atoms with Gasteiger partial charge in [-0.25, -0.2) is 0 Å². The number of hydrogen-bond donors (Lipinski definition) is 1. The molecule has 116 valence electrons. The van der Waals surface area contributed by atoms with E-state index in [9.17, 15) is 10.4 Å². The van der Waals surface area contributed by atoms with Crippen molar-refractivity contribution in [2.24, 2.45) is 17.3 Å². The van der Waals surface area contributed by atoms with E-state index in [0.717, 1.165) is 25.8 Å². The predicted molar refractivity (Wildman–Crippen MR) is 83.2 cm³/mol. The topological polar surface area (TPSA) is 47.3 Å². The predicted octanol–water partition coefficient (Wildman–Crippen LogP) is 3.43. The minimum absolute atomic E-state index is 0.107. The smallest absolute Gasteiger partial charge is 0.0718 e. The van der Waals surface area contributed by atoms with E-state index < -0.39 is 5.60 Å². The average Bonchev–Trinajstić information content (AvgIpc) is 2.33. The van der Waals surface area contributed by atoms with Gasteiger partial charge in [0.25, 0.3) is 0 Å². The van der Waals surface area contributed by atoms with Gasteiger partial charge in [0.1, 0.15) is 0 Å². The molecule has 20 heavy (non-hydrogen) atoms. The monoisotopic (exact) mass is 280 g/mol. The molecule has 3 atom stereocenters. The van der Waals surface area contributed by atoms with Crippen molar-refractivity contribution in [3.05, 3.63) is 0 Å². The maximum atomic E-state index is 10.1. The summed E-state index contributed by atoms with van der Waals surface area (Å²) in [6.45, 7) is 14.3. The molecule has 3 nitrogen and oxygen atoms in total. The Hall–Kier alpha value is -0.590. The minimum atomic E-state index is -0.704. The van der Waals surface area contributed by atoms with Crippen molar-refractivity contribution in [2.75, 3.05) is 13.1 Å². The van der Waals surface area contributed by atoms with E-state index in [-0.39, 0.29) is 12.0 Å². The molecule has 1 aliphatic rings. The molecule has 0 aliphatic heterocycles. The summed E-state index contributed by atoms with van der Waals surface area (Å²) in [5, 5.41) is 19.6. The molecule has 0 aromatic carbocycles. The fourth-order valence-electron chi connectivity index (χ4n) is 3.45. The summed E-state index contributed by atoms with van der Waals surface area (Å²) < 4.78 is 0. The maximum absolute atomic E-state index is 10.1. The molecule has 1 aliphatic carbocycles. The van der Waals surface area contributed by atoms with Crippen molar-refractivity contribution in [2.45, 2.75) is 72.4 Å². The van der Waals surface area contributed by atoms with E-state index in [0.29, 0.717) is 17.9 Å². The van der Waals surface area contributed by atoms with Gasteiger partial charge >= 0.3 is 0 Å². The van der Waals surface area contributed by atoms with E-state index in [4.69, 9.17) is 0 Å². The molecule has 1 saturated carbocycles. The molecule has 1 N–H and O–H groups in total. The molecular formula is C17H32N2O. The van der Waals surface area contributed by atoms with Crippen LogP contribution in [0.3, 0.4) is 0 Å². The van der Waals surface area contributed by atoms with Gasteiger partial charge in [-0.1, -0.05) is 27.7 Å². The Labute approximate surface area is 125 Å². The van der Waals surface area contributed by atoms with Crippen molar-refractivity contribution in [3.63, 3.8) is 0 Å². The van der Waals surface area contributed by atoms with Crippen LogP contribution in [0.5, 0.6) is 0 Å². The highest BCUT2D eigenvalue weighted by Crippen LogP contribution is 2.41. The van der Waals surface area contributed by atoms with Gasteiger partial charge in [0.2, 0.25) is 0 Å². The Morgan fingerprint density at radius 1 is 1.20 bits per heavy atom. The first-order valence-corrected chi connectivity index (χ1v) is 7.94. The molecule has 0 aromatic rings. The first-order chi connectivity index (χ1) is 9.08. The van der Waals surface area contributed by atoms with Crippen LogP contribution in [0.4, 0.5) is 0 Å². The van der Waals surface area contributed by atoms with Crippen LogP contribution in [-0.2, 0) is 0 Å². The van der Waals surface area contributed by atoms with Gasteiger partial charge in [0, 0.05) is 12.6 Å². The first-order valence-electron chi connectivity index (χ1n) is 7.94. The highest BCUT2D eigenvalue weighted by Gasteiger charge is 2.39. The lowest BCUT2D eigenvalue weighted by molar-refractivity contribution is -0.00619. The number of hydrogen-bond acceptors (Lipinski definition) is 3. The number of rotatable bonds is 4. The Morgan fingerprint density at radius 3 is 2.20 bits per heavy atom. The first kappa shape index (κ1) is 17.5. The summed E-state index contributed by atoms with van der Waals surface area (Å²) in [6.07, 6.45) is 3.22. The van der Waals surface area contributed by atoms with Crippen molar-refractivity contribution >= 4 is 0 Å². The second kappa shape index (κ2) is 6.45. The van der Waals surface area contributed by atoms with E-state index in [1.54, 1.807) is 0 Å². The quantitative estimate of drug-likeness (QED) is 0.858. The van der Waals surface area contributed by atoms with Gasteiger partial charge in [-0.05, 0) is 51.0 Å². The zero-order chi connectivity index (χ0) is 15.6. The van der Waals surface area contributed by atoms with Gasteiger partial charge in [-0.3, -0.25) is 4.90 Å². The zero-order valence-electron chi connectivity index (χ0n) is 14.1. The summed E-state index contributed by atoms with van der Waals surface area (Å²) in [4.78, 5) is 2.31. The van der Waals surface area contributed by atoms with Gasteiger partial charge in [-0.2, -0.15) is 5.26 Å². The summed E-state index contributed by atoms with van der Waals surface area (Å²) in [7, 11) is 0. The second-order valence-electron chi connectivity index (χ2n) is 8.05. The molecule has 0 bridgehead atoms. The summed E-state index contributed by atoms with van der Waals surface area (Å²) in [5.74, 6) is 0.767. The lowest BCUT2D eigenvalue weighted by Gasteiger charge is -2.45. The van der Waals surface area contributed by atoms with E-state index in [1.165, 1.54) is 0 Å². The molecule has 0 spiro atoms. The normalized spacial score (nSPS) is 28.4. The van der Waals surface area contributed by atoms with Gasteiger partial charge in [0.05, 0.1) is 17.6 Å². The number of likely N-dealkylation sites (N-methyl/N-ethyl adjacent to an activating group) is 1. The lowest BCUT2D eigenvalue weighted by Crippen LogP contribution is -2.50. The van der Waals surface area contributed by atoms with Crippen LogP contribution < -0.4 is 0 Å². The molecule has 1 rings (SSSR count). The molecule has 1 fully saturated rings. The van der Waals surface area contributed by atoms with E-state index in [2.05, 4.69) is 38.7 Å². The van der Waals surface area contributed by atoms with Crippen LogP contribution >= 0.6 is 0 Å². The lowest BCUT2D eigenvalue weighted by atomic mass is 9.67. The van der Waals surface area contributed by atoms with Crippen LogP contribution in [0.15, 0.2) is 0 Å². The standard InChI is InChI=1S/C17H32N2O/c1-7-19(12-17(5,6)20)15-10-14(16(2,3)4)9-8-13(15)11-18/h13-15,20H,7-10,12H2,1-6H3. The average molecular weight is 280 g/mol. The molecular weight excluding hydrogens is 248 g/mol. The third-order valence-corrected chi connectivity index (χ3v) is 4.67. The molecule has 3 unspecified atom stereocenters. The highest BCUT2D eigenvalue weighted by atomic mass is 16.3. The highest BCUT2D eigenvalue weighted by molar-refractivity contribution is 5.00. The fraction of sp³-hybridized carbons (Fsp3) is 0.941. The van der Waals surface area contributed by atoms with E-state index in [1.807, 2.05) is 13.8 Å². The molecule has 3 heteroatoms. The second-order valence-corrected chi connectivity index (χ2v) is 8.05. The van der Waals surface area contributed by atoms with Crippen LogP contribution in [0.1, 0.15) is 60.8 Å². The third kappa shape index (κ3) is 4.75. The minimum Gasteiger partial charge on any atom is -0.389 e. The molecule has 0 heterocycles. The molecule has 0 aromatic heterocycles. The van der Waals surface area contributed by atoms with Crippen LogP contribution in [0, 0.1) is 28.6 Å². The molecule has 0 amide bonds. The van der Waals surface area contributed by atoms with Gasteiger partial charge in [-0.15, -0.1) is 0 Å². The Kier molecular flexibility index (Phi) is 5.63. The zero-order valence-corrected chi connectivity index (χ0v) is 14.1. The fourth-order valence-corrected chi connectivity index (χ4v) is 3.45. The largest absolute Gasteiger partial charge is 0.389 e. The SMILES string of the molecule is CCN(CC(C)(C)O)C1CC(C(C)(C)C)CCC1C#N. The third-order valence-electron chi connectivity index (χ3n) is 4.67. The van der Waals surface area contributed by atoms with Crippen LogP contribution in [0.25, 0.3) is 0 Å². The van der Waals surface area contributed by atoms with Crippen molar-refractivity contribution in [3.8, 4) is 6.07 Å². The number of nitriles is 1. The summed E-state index contributed by atoms with van der Waals surface area (Å²) in [5.41, 5.74) is -0.405. The van der Waals surface area contributed by atoms with Crippen LogP contribution in [0.2, 0.25) is 0 Å². The van der Waals surface area contributed by atoms with Crippen molar-refractivity contribution < 1.29 is 5.11 Å². The molecule has 0 radical (unpaired) electrons. The van der Waals surface area contributed by atoms with Crippen molar-refractivity contribution in [1.29, 1.82) is 5.26 Å². The number of nitrogens with zero attached hydrogens (tertiary/aromatic N) is 2. The van der Waals surface area contributed by atoms with Gasteiger partial charge < -0.3 is 5.11 Å². The van der Waals surface area contributed by atoms with E-state index >= 15 is 0 Å². The summed E-state index contributed by atoms with van der Waals surface area (Å²) >= 11 is 0. The Morgan fingerprint density at radius 2 is 1.80 bits per heavy atom.